The molecule has 1 heterocycles. The summed E-state index contributed by atoms with van der Waals surface area (Å²) >= 11 is 0. The predicted octanol–water partition coefficient (Wildman–Crippen LogP) is 4.06. The molecule has 1 atom stereocenters. The smallest absolute Gasteiger partial charge is 0.251 e. The van der Waals surface area contributed by atoms with E-state index >= 15 is 0 Å². The van der Waals surface area contributed by atoms with Crippen LogP contribution in [0.5, 0.6) is 0 Å². The van der Waals surface area contributed by atoms with Gasteiger partial charge < -0.3 is 5.32 Å². The Kier molecular flexibility index (Phi) is 6.01. The van der Waals surface area contributed by atoms with Crippen LogP contribution < -0.4 is 5.32 Å². The van der Waals surface area contributed by atoms with E-state index in [2.05, 4.69) is 17.4 Å². The fourth-order valence-corrected chi connectivity index (χ4v) is 5.94. The summed E-state index contributed by atoms with van der Waals surface area (Å²) < 4.78 is 27.7. The molecule has 1 aliphatic heterocycles. The van der Waals surface area contributed by atoms with Crippen molar-refractivity contribution in [3.63, 3.8) is 0 Å². The van der Waals surface area contributed by atoms with E-state index in [1.807, 2.05) is 12.1 Å². The molecule has 2 aromatic rings. The Hall–Kier alpha value is -2.18. The van der Waals surface area contributed by atoms with E-state index < -0.39 is 10.0 Å². The van der Waals surface area contributed by atoms with Crippen LogP contribution in [0.4, 0.5) is 0 Å². The van der Waals surface area contributed by atoms with Crippen LogP contribution >= 0.6 is 0 Å². The lowest BCUT2D eigenvalue weighted by Gasteiger charge is -2.26. The lowest BCUT2D eigenvalue weighted by Crippen LogP contribution is -2.33. The van der Waals surface area contributed by atoms with Crippen LogP contribution in [-0.2, 0) is 16.4 Å². The van der Waals surface area contributed by atoms with E-state index in [0.29, 0.717) is 18.7 Å². The maximum atomic E-state index is 13.1. The highest BCUT2D eigenvalue weighted by Gasteiger charge is 2.27. The van der Waals surface area contributed by atoms with Crippen molar-refractivity contribution in [3.05, 3.63) is 65.2 Å². The molecule has 0 spiro atoms. The van der Waals surface area contributed by atoms with Crippen molar-refractivity contribution in [2.24, 2.45) is 0 Å². The predicted molar refractivity (Wildman–Crippen MR) is 113 cm³/mol. The van der Waals surface area contributed by atoms with Crippen molar-refractivity contribution < 1.29 is 13.2 Å². The quantitative estimate of drug-likeness (QED) is 0.824. The topological polar surface area (TPSA) is 66.5 Å². The molecule has 1 N–H and O–H groups in total. The molecule has 0 unspecified atom stereocenters. The Labute approximate surface area is 173 Å². The third-order valence-electron chi connectivity index (χ3n) is 5.97. The van der Waals surface area contributed by atoms with E-state index in [9.17, 15) is 13.2 Å². The van der Waals surface area contributed by atoms with Gasteiger partial charge in [0.2, 0.25) is 10.0 Å². The number of carbonyl (C=O) groups is 1. The van der Waals surface area contributed by atoms with Crippen LogP contribution in [0.3, 0.4) is 0 Å². The third-order valence-corrected chi connectivity index (χ3v) is 7.87. The van der Waals surface area contributed by atoms with Crippen molar-refractivity contribution in [1.82, 2.24) is 9.62 Å². The molecule has 0 bridgehead atoms. The summed E-state index contributed by atoms with van der Waals surface area (Å²) in [7, 11) is -3.57. The summed E-state index contributed by atoms with van der Waals surface area (Å²) in [5.74, 6) is -0.223. The molecule has 0 radical (unpaired) electrons. The van der Waals surface area contributed by atoms with Crippen molar-refractivity contribution in [3.8, 4) is 0 Å². The van der Waals surface area contributed by atoms with Crippen LogP contribution in [0.25, 0.3) is 0 Å². The van der Waals surface area contributed by atoms with Gasteiger partial charge in [0.15, 0.2) is 0 Å². The number of hydrogen-bond donors (Lipinski definition) is 1. The van der Waals surface area contributed by atoms with Gasteiger partial charge in [-0.05, 0) is 61.4 Å². The molecule has 0 aromatic heterocycles. The summed E-state index contributed by atoms with van der Waals surface area (Å²) in [6.07, 6.45) is 6.88. The number of nitrogens with zero attached hydrogens (tertiary/aromatic N) is 1. The van der Waals surface area contributed by atoms with Crippen molar-refractivity contribution in [2.45, 2.75) is 55.9 Å². The summed E-state index contributed by atoms with van der Waals surface area (Å²) in [6.45, 7) is 1.11. The minimum absolute atomic E-state index is 0.0293. The Morgan fingerprint density at radius 1 is 0.931 bits per heavy atom. The Morgan fingerprint density at radius 3 is 2.48 bits per heavy atom. The second-order valence-electron chi connectivity index (χ2n) is 7.96. The lowest BCUT2D eigenvalue weighted by atomic mass is 9.87. The first-order valence-corrected chi connectivity index (χ1v) is 12.0. The second kappa shape index (κ2) is 8.67. The maximum Gasteiger partial charge on any atom is 0.251 e. The molecular weight excluding hydrogens is 384 g/mol. The number of aryl methyl sites for hydroxylation is 1. The monoisotopic (exact) mass is 412 g/mol. The van der Waals surface area contributed by atoms with Gasteiger partial charge >= 0.3 is 0 Å². The number of benzene rings is 2. The molecule has 5 nitrogen and oxygen atoms in total. The zero-order valence-corrected chi connectivity index (χ0v) is 17.5. The average Bonchev–Trinajstić information content (AvgIpc) is 3.04. The Balaban J connectivity index is 1.54. The molecule has 1 saturated heterocycles. The van der Waals surface area contributed by atoms with Gasteiger partial charge in [-0.3, -0.25) is 4.79 Å². The fourth-order valence-electron chi connectivity index (χ4n) is 4.37. The molecule has 1 amide bonds. The van der Waals surface area contributed by atoms with Gasteiger partial charge in [-0.25, -0.2) is 8.42 Å². The van der Waals surface area contributed by atoms with E-state index in [1.165, 1.54) is 17.2 Å². The van der Waals surface area contributed by atoms with E-state index in [0.717, 1.165) is 44.9 Å². The van der Waals surface area contributed by atoms with Crippen LogP contribution in [-0.4, -0.2) is 31.7 Å². The molecule has 0 saturated carbocycles. The van der Waals surface area contributed by atoms with Crippen LogP contribution in [0.2, 0.25) is 0 Å². The van der Waals surface area contributed by atoms with E-state index in [4.69, 9.17) is 0 Å². The molecule has 29 heavy (non-hydrogen) atoms. The molecule has 2 aliphatic rings. The van der Waals surface area contributed by atoms with Crippen LogP contribution in [0.1, 0.15) is 66.1 Å². The average molecular weight is 413 g/mol. The lowest BCUT2D eigenvalue weighted by molar-refractivity contribution is 0.0932. The summed E-state index contributed by atoms with van der Waals surface area (Å²) in [4.78, 5) is 13.1. The first-order valence-electron chi connectivity index (χ1n) is 10.5. The highest BCUT2D eigenvalue weighted by atomic mass is 32.2. The molecule has 1 aliphatic carbocycles. The number of rotatable bonds is 4. The minimum Gasteiger partial charge on any atom is -0.345 e. The fraction of sp³-hybridized carbons (Fsp3) is 0.435. The van der Waals surface area contributed by atoms with Crippen LogP contribution in [0.15, 0.2) is 53.4 Å². The molecule has 6 heteroatoms. The second-order valence-corrected chi connectivity index (χ2v) is 9.90. The van der Waals surface area contributed by atoms with Gasteiger partial charge in [0.25, 0.3) is 5.91 Å². The van der Waals surface area contributed by atoms with Gasteiger partial charge in [0.05, 0.1) is 10.9 Å². The molecular formula is C23H28N2O3S. The van der Waals surface area contributed by atoms with Gasteiger partial charge in [-0.1, -0.05) is 43.2 Å². The summed E-state index contributed by atoms with van der Waals surface area (Å²) in [5.41, 5.74) is 2.84. The maximum absolute atomic E-state index is 13.1. The summed E-state index contributed by atoms with van der Waals surface area (Å²) in [6, 6.07) is 14.6. The SMILES string of the molecule is O=C(N[C@@H]1CCCc2ccccc21)c1cccc(S(=O)(=O)N2CCCCCC2)c1. The van der Waals surface area contributed by atoms with Gasteiger partial charge in [0, 0.05) is 18.7 Å². The van der Waals surface area contributed by atoms with Gasteiger partial charge in [-0.2, -0.15) is 4.31 Å². The number of carbonyl (C=O) groups excluding carboxylic acids is 1. The zero-order valence-electron chi connectivity index (χ0n) is 16.6. The highest BCUT2D eigenvalue weighted by molar-refractivity contribution is 7.89. The standard InChI is InChI=1S/C23H28N2O3S/c26-23(24-22-14-8-10-18-9-3-4-13-21(18)22)19-11-7-12-20(17-19)29(27,28)25-15-5-1-2-6-16-25/h3-4,7,9,11-13,17,22H,1-2,5-6,8,10,14-16H2,(H,24,26)/t22-/m1/s1. The first-order chi connectivity index (χ1) is 14.1. The van der Waals surface area contributed by atoms with Gasteiger partial charge in [-0.15, -0.1) is 0 Å². The largest absolute Gasteiger partial charge is 0.345 e. The number of fused-ring (bicyclic) bond motifs is 1. The number of nitrogens with one attached hydrogen (secondary N) is 1. The molecule has 4 rings (SSSR count). The van der Waals surface area contributed by atoms with E-state index in [-0.39, 0.29) is 16.8 Å². The van der Waals surface area contributed by atoms with Crippen molar-refractivity contribution in [1.29, 1.82) is 0 Å². The van der Waals surface area contributed by atoms with Crippen molar-refractivity contribution in [2.75, 3.05) is 13.1 Å². The number of hydrogen-bond acceptors (Lipinski definition) is 3. The Morgan fingerprint density at radius 2 is 1.69 bits per heavy atom. The molecule has 2 aromatic carbocycles. The molecule has 154 valence electrons. The zero-order chi connectivity index (χ0) is 20.3. The number of sulfonamides is 1. The molecule has 1 fully saturated rings. The van der Waals surface area contributed by atoms with Crippen molar-refractivity contribution >= 4 is 15.9 Å². The highest BCUT2D eigenvalue weighted by Crippen LogP contribution is 2.30. The normalized spacial score (nSPS) is 20.5. The van der Waals surface area contributed by atoms with Crippen LogP contribution in [0, 0.1) is 0 Å². The van der Waals surface area contributed by atoms with E-state index in [1.54, 1.807) is 22.5 Å². The number of amides is 1. The third kappa shape index (κ3) is 4.38. The first kappa shape index (κ1) is 20.1. The van der Waals surface area contributed by atoms with Gasteiger partial charge in [0.1, 0.15) is 0 Å². The Bertz CT molecular complexity index is 979. The minimum atomic E-state index is -3.57. The summed E-state index contributed by atoms with van der Waals surface area (Å²) in [5, 5.41) is 3.11.